The number of methoxy groups -OCH3 is 1. The summed E-state index contributed by atoms with van der Waals surface area (Å²) < 4.78 is 26.8. The van der Waals surface area contributed by atoms with Crippen LogP contribution < -0.4 is 4.74 Å². The molecule has 5 nitrogen and oxygen atoms in total. The van der Waals surface area contributed by atoms with Gasteiger partial charge in [0, 0.05) is 7.11 Å². The molecule has 0 fully saturated rings. The zero-order valence-corrected chi connectivity index (χ0v) is 14.9. The predicted octanol–water partition coefficient (Wildman–Crippen LogP) is 2.69. The van der Waals surface area contributed by atoms with E-state index in [1.807, 2.05) is 0 Å². The van der Waals surface area contributed by atoms with Crippen molar-refractivity contribution in [1.29, 1.82) is 0 Å². The van der Waals surface area contributed by atoms with E-state index >= 15 is 0 Å². The molecule has 1 aromatic rings. The van der Waals surface area contributed by atoms with E-state index in [9.17, 15) is 0 Å². The predicted molar refractivity (Wildman–Crippen MR) is 90.5 cm³/mol. The average Bonchev–Trinajstić information content (AvgIpc) is 2.53. The van der Waals surface area contributed by atoms with Gasteiger partial charge in [0.25, 0.3) is 0 Å². The second-order valence-electron chi connectivity index (χ2n) is 5.38. The van der Waals surface area contributed by atoms with Crippen LogP contribution in [0.1, 0.15) is 16.7 Å². The monoisotopic (exact) mass is 326 g/mol. The van der Waals surface area contributed by atoms with E-state index in [2.05, 4.69) is 32.9 Å². The van der Waals surface area contributed by atoms with Crippen LogP contribution in [0.25, 0.3) is 0 Å². The number of hydrogen-bond acceptors (Lipinski definition) is 5. The molecule has 0 aliphatic heterocycles. The highest BCUT2D eigenvalue weighted by Gasteiger charge is 2.02. The Bertz CT molecular complexity index is 434. The van der Waals surface area contributed by atoms with Crippen molar-refractivity contribution in [3.63, 3.8) is 0 Å². The number of benzene rings is 1. The summed E-state index contributed by atoms with van der Waals surface area (Å²) in [5, 5.41) is 0. The average molecular weight is 326 g/mol. The van der Waals surface area contributed by atoms with Crippen LogP contribution >= 0.6 is 0 Å². The Hall–Kier alpha value is -1.14. The Morgan fingerprint density at radius 1 is 0.609 bits per heavy atom. The van der Waals surface area contributed by atoms with Crippen LogP contribution in [-0.4, -0.2) is 60.0 Å². The molecule has 1 aromatic carbocycles. The number of rotatable bonds is 13. The first-order valence-electron chi connectivity index (χ1n) is 8.08. The van der Waals surface area contributed by atoms with Gasteiger partial charge in [-0.2, -0.15) is 0 Å². The van der Waals surface area contributed by atoms with E-state index in [0.29, 0.717) is 52.9 Å². The fraction of sp³-hybridized carbons (Fsp3) is 0.667. The molecule has 0 unspecified atom stereocenters. The van der Waals surface area contributed by atoms with Gasteiger partial charge < -0.3 is 23.7 Å². The minimum atomic E-state index is 0.545. The van der Waals surface area contributed by atoms with Gasteiger partial charge in [0.2, 0.25) is 0 Å². The van der Waals surface area contributed by atoms with E-state index in [0.717, 1.165) is 11.3 Å². The normalized spacial score (nSPS) is 11.0. The van der Waals surface area contributed by atoms with Crippen molar-refractivity contribution in [1.82, 2.24) is 0 Å². The molecule has 23 heavy (non-hydrogen) atoms. The van der Waals surface area contributed by atoms with Crippen LogP contribution in [-0.2, 0) is 18.9 Å². The second-order valence-corrected chi connectivity index (χ2v) is 5.38. The van der Waals surface area contributed by atoms with Gasteiger partial charge in [-0.3, -0.25) is 0 Å². The molecule has 0 saturated carbocycles. The van der Waals surface area contributed by atoms with Crippen molar-refractivity contribution in [3.05, 3.63) is 28.8 Å². The fourth-order valence-electron chi connectivity index (χ4n) is 1.98. The topological polar surface area (TPSA) is 46.2 Å². The lowest BCUT2D eigenvalue weighted by molar-refractivity contribution is 0.000139. The minimum absolute atomic E-state index is 0.545. The first-order valence-corrected chi connectivity index (χ1v) is 8.08. The van der Waals surface area contributed by atoms with Gasteiger partial charge in [-0.1, -0.05) is 6.07 Å². The molecule has 0 saturated heterocycles. The molecule has 132 valence electrons. The highest BCUT2D eigenvalue weighted by Crippen LogP contribution is 2.22. The number of hydrogen-bond donors (Lipinski definition) is 0. The van der Waals surface area contributed by atoms with Crippen LogP contribution in [0.2, 0.25) is 0 Å². The summed E-state index contributed by atoms with van der Waals surface area (Å²) in [6.45, 7) is 10.9. The van der Waals surface area contributed by atoms with Gasteiger partial charge in [-0.15, -0.1) is 0 Å². The summed E-state index contributed by atoms with van der Waals surface area (Å²) in [6, 6.07) is 4.23. The molecule has 0 spiro atoms. The minimum Gasteiger partial charge on any atom is -0.491 e. The van der Waals surface area contributed by atoms with E-state index < -0.39 is 0 Å². The molecule has 0 amide bonds. The van der Waals surface area contributed by atoms with Crippen LogP contribution in [0.4, 0.5) is 0 Å². The third-order valence-corrected chi connectivity index (χ3v) is 3.45. The summed E-state index contributed by atoms with van der Waals surface area (Å²) in [5.41, 5.74) is 3.69. The van der Waals surface area contributed by atoms with Gasteiger partial charge in [0.05, 0.1) is 46.2 Å². The Labute approximate surface area is 139 Å². The summed E-state index contributed by atoms with van der Waals surface area (Å²) in [5.74, 6) is 0.932. The lowest BCUT2D eigenvalue weighted by Crippen LogP contribution is -2.13. The maximum absolute atomic E-state index is 5.76. The van der Waals surface area contributed by atoms with Crippen LogP contribution in [0.5, 0.6) is 5.75 Å². The summed E-state index contributed by atoms with van der Waals surface area (Å²) in [4.78, 5) is 0. The lowest BCUT2D eigenvalue weighted by Gasteiger charge is -2.12. The van der Waals surface area contributed by atoms with Crippen LogP contribution in [0.3, 0.4) is 0 Å². The molecular weight excluding hydrogens is 296 g/mol. The second kappa shape index (κ2) is 12.3. The van der Waals surface area contributed by atoms with Crippen molar-refractivity contribution in [2.24, 2.45) is 0 Å². The maximum atomic E-state index is 5.76. The number of ether oxygens (including phenoxy) is 5. The Kier molecular flexibility index (Phi) is 10.6. The fourth-order valence-corrected chi connectivity index (χ4v) is 1.98. The van der Waals surface area contributed by atoms with E-state index in [1.54, 1.807) is 7.11 Å². The smallest absolute Gasteiger partial charge is 0.122 e. The first-order chi connectivity index (χ1) is 11.1. The van der Waals surface area contributed by atoms with E-state index in [1.165, 1.54) is 11.1 Å². The largest absolute Gasteiger partial charge is 0.491 e. The van der Waals surface area contributed by atoms with Crippen molar-refractivity contribution in [2.45, 2.75) is 20.8 Å². The molecule has 5 heteroatoms. The summed E-state index contributed by atoms with van der Waals surface area (Å²) in [7, 11) is 1.65. The van der Waals surface area contributed by atoms with Crippen molar-refractivity contribution in [2.75, 3.05) is 60.0 Å². The molecule has 0 aromatic heterocycles. The van der Waals surface area contributed by atoms with Gasteiger partial charge in [0.15, 0.2) is 0 Å². The standard InChI is InChI=1S/C18H30O5/c1-15-13-17(3)18(14-16(15)2)23-12-11-22-10-9-21-8-7-20-6-5-19-4/h13-14H,5-12H2,1-4H3. The van der Waals surface area contributed by atoms with Crippen molar-refractivity contribution >= 4 is 0 Å². The highest BCUT2D eigenvalue weighted by molar-refractivity contribution is 5.40. The SMILES string of the molecule is COCCOCCOCCOCCOc1cc(C)c(C)cc1C. The third-order valence-electron chi connectivity index (χ3n) is 3.45. The molecule has 0 radical (unpaired) electrons. The van der Waals surface area contributed by atoms with Crippen LogP contribution in [0.15, 0.2) is 12.1 Å². The Morgan fingerprint density at radius 3 is 1.65 bits per heavy atom. The van der Waals surface area contributed by atoms with Gasteiger partial charge in [-0.25, -0.2) is 0 Å². The Morgan fingerprint density at radius 2 is 1.09 bits per heavy atom. The molecule has 0 atom stereocenters. The summed E-state index contributed by atoms with van der Waals surface area (Å²) in [6.07, 6.45) is 0. The zero-order chi connectivity index (χ0) is 16.9. The van der Waals surface area contributed by atoms with E-state index in [4.69, 9.17) is 23.7 Å². The lowest BCUT2D eigenvalue weighted by atomic mass is 10.1. The van der Waals surface area contributed by atoms with Gasteiger partial charge in [-0.05, 0) is 43.5 Å². The molecule has 1 rings (SSSR count). The summed E-state index contributed by atoms with van der Waals surface area (Å²) >= 11 is 0. The zero-order valence-electron chi connectivity index (χ0n) is 14.9. The van der Waals surface area contributed by atoms with Crippen molar-refractivity contribution in [3.8, 4) is 5.75 Å². The molecule has 0 N–H and O–H groups in total. The van der Waals surface area contributed by atoms with Crippen molar-refractivity contribution < 1.29 is 23.7 Å². The quantitative estimate of drug-likeness (QED) is 0.522. The molecule has 0 bridgehead atoms. The molecule has 0 aliphatic rings. The molecule has 0 heterocycles. The number of aryl methyl sites for hydroxylation is 3. The van der Waals surface area contributed by atoms with Gasteiger partial charge >= 0.3 is 0 Å². The molecular formula is C18H30O5. The first kappa shape index (κ1) is 19.9. The van der Waals surface area contributed by atoms with Crippen LogP contribution in [0, 0.1) is 20.8 Å². The Balaban J connectivity index is 1.97. The highest BCUT2D eigenvalue weighted by atomic mass is 16.6. The van der Waals surface area contributed by atoms with Gasteiger partial charge in [0.1, 0.15) is 12.4 Å². The van der Waals surface area contributed by atoms with E-state index in [-0.39, 0.29) is 0 Å². The third kappa shape index (κ3) is 8.91. The maximum Gasteiger partial charge on any atom is 0.122 e. The molecule has 0 aliphatic carbocycles.